The van der Waals surface area contributed by atoms with Crippen molar-refractivity contribution < 1.29 is 23.1 Å². The Hall–Kier alpha value is -1.79. The molecule has 1 heterocycles. The number of nitrogens with zero attached hydrogens (tertiary/aromatic N) is 1. The van der Waals surface area contributed by atoms with Crippen molar-refractivity contribution in [3.63, 3.8) is 0 Å². The monoisotopic (exact) mass is 349 g/mol. The van der Waals surface area contributed by atoms with Crippen LogP contribution >= 0.6 is 23.2 Å². The number of carbonyl (C=O) groups is 1. The molecule has 0 atom stereocenters. The van der Waals surface area contributed by atoms with E-state index >= 15 is 0 Å². The van der Waals surface area contributed by atoms with Gasteiger partial charge in [0.15, 0.2) is 0 Å². The molecule has 0 radical (unpaired) electrons. The van der Waals surface area contributed by atoms with E-state index in [1.165, 1.54) is 24.3 Å². The highest BCUT2D eigenvalue weighted by molar-refractivity contribution is 6.43. The van der Waals surface area contributed by atoms with Crippen LogP contribution in [0.1, 0.15) is 11.3 Å². The summed E-state index contributed by atoms with van der Waals surface area (Å²) >= 11 is 11.8. The number of hydrogen-bond acceptors (Lipinski definition) is 2. The Morgan fingerprint density at radius 3 is 2.50 bits per heavy atom. The summed E-state index contributed by atoms with van der Waals surface area (Å²) in [7, 11) is 0. The maximum Gasteiger partial charge on any atom is 0.433 e. The second-order valence-corrected chi connectivity index (χ2v) is 5.20. The Morgan fingerprint density at radius 1 is 1.23 bits per heavy atom. The second-order valence-electron chi connectivity index (χ2n) is 4.42. The predicted molar refractivity (Wildman–Crippen MR) is 76.0 cm³/mol. The number of hydrogen-bond donors (Lipinski definition) is 1. The summed E-state index contributed by atoms with van der Waals surface area (Å²) in [5.41, 5.74) is -1.09. The number of carboxylic acids is 1. The Kier molecular flexibility index (Phi) is 4.63. The van der Waals surface area contributed by atoms with Crippen molar-refractivity contribution >= 4 is 29.2 Å². The number of pyridine rings is 1. The lowest BCUT2D eigenvalue weighted by atomic mass is 10.1. The van der Waals surface area contributed by atoms with E-state index in [0.717, 1.165) is 0 Å². The lowest BCUT2D eigenvalue weighted by Crippen LogP contribution is -2.11. The molecule has 0 amide bonds. The minimum Gasteiger partial charge on any atom is -0.481 e. The summed E-state index contributed by atoms with van der Waals surface area (Å²) in [6.07, 6.45) is -5.26. The number of carboxylic acid groups (broad SMARTS) is 1. The highest BCUT2D eigenvalue weighted by Gasteiger charge is 2.33. The summed E-state index contributed by atoms with van der Waals surface area (Å²) in [5, 5.41) is 8.99. The lowest BCUT2D eigenvalue weighted by Gasteiger charge is -2.12. The van der Waals surface area contributed by atoms with Crippen LogP contribution in [0.4, 0.5) is 13.2 Å². The molecule has 22 heavy (non-hydrogen) atoms. The number of halogens is 5. The molecule has 0 aliphatic rings. The van der Waals surface area contributed by atoms with Crippen molar-refractivity contribution in [2.24, 2.45) is 0 Å². The van der Waals surface area contributed by atoms with Crippen molar-refractivity contribution in [2.45, 2.75) is 12.6 Å². The van der Waals surface area contributed by atoms with Crippen LogP contribution in [-0.4, -0.2) is 16.1 Å². The van der Waals surface area contributed by atoms with Crippen LogP contribution in [0.5, 0.6) is 0 Å². The normalized spacial score (nSPS) is 11.5. The maximum absolute atomic E-state index is 12.9. The van der Waals surface area contributed by atoms with E-state index in [1.807, 2.05) is 0 Å². The molecule has 0 unspecified atom stereocenters. The summed E-state index contributed by atoms with van der Waals surface area (Å²) in [5.74, 6) is -1.25. The summed E-state index contributed by atoms with van der Waals surface area (Å²) < 4.78 is 38.7. The summed E-state index contributed by atoms with van der Waals surface area (Å²) in [4.78, 5) is 14.3. The third-order valence-corrected chi connectivity index (χ3v) is 3.58. The fraction of sp³-hybridized carbons (Fsp3) is 0.143. The van der Waals surface area contributed by atoms with E-state index < -0.39 is 24.3 Å². The number of benzene rings is 1. The van der Waals surface area contributed by atoms with E-state index in [1.54, 1.807) is 0 Å². The van der Waals surface area contributed by atoms with Crippen molar-refractivity contribution in [3.8, 4) is 11.3 Å². The molecule has 8 heteroatoms. The molecule has 116 valence electrons. The zero-order valence-corrected chi connectivity index (χ0v) is 12.3. The van der Waals surface area contributed by atoms with Crippen LogP contribution in [0, 0.1) is 0 Å². The van der Waals surface area contributed by atoms with Gasteiger partial charge in [-0.25, -0.2) is 4.98 Å². The zero-order chi connectivity index (χ0) is 16.5. The third-order valence-electron chi connectivity index (χ3n) is 2.76. The van der Waals surface area contributed by atoms with Gasteiger partial charge in [-0.1, -0.05) is 35.3 Å². The molecule has 0 saturated heterocycles. The number of aromatic nitrogens is 1. The van der Waals surface area contributed by atoms with E-state index in [4.69, 9.17) is 28.3 Å². The average molecular weight is 350 g/mol. The second kappa shape index (κ2) is 6.14. The van der Waals surface area contributed by atoms with E-state index in [-0.39, 0.29) is 26.9 Å². The molecule has 0 bridgehead atoms. The molecule has 2 rings (SSSR count). The minimum atomic E-state index is -4.70. The Bertz CT molecular complexity index is 733. The zero-order valence-electron chi connectivity index (χ0n) is 10.8. The first-order valence-electron chi connectivity index (χ1n) is 5.93. The predicted octanol–water partition coefficient (Wildman–Crippen LogP) is 4.70. The molecule has 0 aliphatic carbocycles. The summed E-state index contributed by atoms with van der Waals surface area (Å²) in [6.45, 7) is 0. The van der Waals surface area contributed by atoms with Gasteiger partial charge in [-0.2, -0.15) is 13.2 Å². The highest BCUT2D eigenvalue weighted by atomic mass is 35.5. The van der Waals surface area contributed by atoms with Gasteiger partial charge in [-0.05, 0) is 23.8 Å². The van der Waals surface area contributed by atoms with Gasteiger partial charge < -0.3 is 5.11 Å². The molecule has 0 aliphatic heterocycles. The van der Waals surface area contributed by atoms with E-state index in [2.05, 4.69) is 4.98 Å². The van der Waals surface area contributed by atoms with Crippen LogP contribution in [0.25, 0.3) is 11.3 Å². The van der Waals surface area contributed by atoms with Gasteiger partial charge in [0, 0.05) is 5.56 Å². The van der Waals surface area contributed by atoms with Crippen molar-refractivity contribution in [1.29, 1.82) is 0 Å². The SMILES string of the molecule is O=C(O)Cc1cc(-c2cccc(Cl)c2Cl)nc(C(F)(F)F)c1. The van der Waals surface area contributed by atoms with Gasteiger partial charge >= 0.3 is 12.1 Å². The summed E-state index contributed by atoms with van der Waals surface area (Å²) in [6, 6.07) is 6.42. The smallest absolute Gasteiger partial charge is 0.433 e. The minimum absolute atomic E-state index is 0.0270. The molecule has 3 nitrogen and oxygen atoms in total. The molecule has 1 aromatic carbocycles. The molecule has 0 spiro atoms. The average Bonchev–Trinajstić information content (AvgIpc) is 2.39. The van der Waals surface area contributed by atoms with E-state index in [9.17, 15) is 18.0 Å². The number of aliphatic carboxylic acids is 1. The standard InChI is InChI=1S/C14H8Cl2F3NO2/c15-9-3-1-2-8(13(9)16)10-4-7(6-12(21)22)5-11(20-10)14(17,18)19/h1-5H,6H2,(H,21,22). The largest absolute Gasteiger partial charge is 0.481 e. The van der Waals surface area contributed by atoms with Crippen molar-refractivity contribution in [1.82, 2.24) is 4.98 Å². The molecule has 1 N–H and O–H groups in total. The van der Waals surface area contributed by atoms with Gasteiger partial charge in [-0.15, -0.1) is 0 Å². The van der Waals surface area contributed by atoms with E-state index in [0.29, 0.717) is 6.07 Å². The molecule has 0 fully saturated rings. The van der Waals surface area contributed by atoms with Gasteiger partial charge in [0.05, 0.1) is 22.2 Å². The molecule has 2 aromatic rings. The highest BCUT2D eigenvalue weighted by Crippen LogP contribution is 2.35. The van der Waals surface area contributed by atoms with Crippen LogP contribution in [0.2, 0.25) is 10.0 Å². The van der Waals surface area contributed by atoms with Crippen LogP contribution in [0.15, 0.2) is 30.3 Å². The fourth-order valence-corrected chi connectivity index (χ4v) is 2.25. The first-order valence-corrected chi connectivity index (χ1v) is 6.68. The van der Waals surface area contributed by atoms with Gasteiger partial charge in [-0.3, -0.25) is 4.79 Å². The molecule has 1 aromatic heterocycles. The molecule has 0 saturated carbocycles. The van der Waals surface area contributed by atoms with Gasteiger partial charge in [0.1, 0.15) is 5.69 Å². The third kappa shape index (κ3) is 3.69. The first kappa shape index (κ1) is 16.6. The van der Waals surface area contributed by atoms with Crippen LogP contribution in [-0.2, 0) is 17.4 Å². The molecular weight excluding hydrogens is 342 g/mol. The Balaban J connectivity index is 2.64. The number of rotatable bonds is 3. The Labute approximate surface area is 133 Å². The van der Waals surface area contributed by atoms with Crippen LogP contribution in [0.3, 0.4) is 0 Å². The van der Waals surface area contributed by atoms with Crippen LogP contribution < -0.4 is 0 Å². The fourth-order valence-electron chi connectivity index (χ4n) is 1.85. The Morgan fingerprint density at radius 2 is 1.91 bits per heavy atom. The first-order chi connectivity index (χ1) is 10.2. The van der Waals surface area contributed by atoms with Crippen molar-refractivity contribution in [2.75, 3.05) is 0 Å². The maximum atomic E-state index is 12.9. The number of alkyl halides is 3. The quantitative estimate of drug-likeness (QED) is 0.873. The van der Waals surface area contributed by atoms with Crippen molar-refractivity contribution in [3.05, 3.63) is 51.6 Å². The lowest BCUT2D eigenvalue weighted by molar-refractivity contribution is -0.141. The van der Waals surface area contributed by atoms with Gasteiger partial charge in [0.2, 0.25) is 0 Å². The topological polar surface area (TPSA) is 50.2 Å². The molecular formula is C14H8Cl2F3NO2. The van der Waals surface area contributed by atoms with Gasteiger partial charge in [0.25, 0.3) is 0 Å².